The molecule has 2 aromatic heterocycles. The minimum atomic E-state index is -4.43. The summed E-state index contributed by atoms with van der Waals surface area (Å²) in [6, 6.07) is 18.4. The second kappa shape index (κ2) is 10.1. The lowest BCUT2D eigenvalue weighted by Crippen LogP contribution is -2.42. The SMILES string of the molecule is Cc1nc2cc(-n3ccnc3[C@H](Cc3ccccc3)NC(=O)NS(=O)(=O)c3ccccc3F)ccc2s1. The van der Waals surface area contributed by atoms with E-state index in [4.69, 9.17) is 0 Å². The first-order valence-corrected chi connectivity index (χ1v) is 13.6. The maximum Gasteiger partial charge on any atom is 0.329 e. The van der Waals surface area contributed by atoms with Crippen LogP contribution in [0.5, 0.6) is 0 Å². The van der Waals surface area contributed by atoms with Gasteiger partial charge in [-0.2, -0.15) is 0 Å². The maximum absolute atomic E-state index is 14.1. The Balaban J connectivity index is 1.46. The van der Waals surface area contributed by atoms with Crippen molar-refractivity contribution >= 4 is 37.6 Å². The number of nitrogens with one attached hydrogen (secondary N) is 2. The van der Waals surface area contributed by atoms with Crippen molar-refractivity contribution in [3.05, 3.63) is 107 Å². The highest BCUT2D eigenvalue weighted by atomic mass is 32.2. The minimum Gasteiger partial charge on any atom is -0.327 e. The van der Waals surface area contributed by atoms with Gasteiger partial charge in [-0.25, -0.2) is 32.3 Å². The normalized spacial score (nSPS) is 12.4. The number of carbonyl (C=O) groups excluding carboxylic acids is 1. The number of rotatable bonds is 7. The number of aromatic nitrogens is 3. The van der Waals surface area contributed by atoms with Gasteiger partial charge in [-0.1, -0.05) is 42.5 Å². The van der Waals surface area contributed by atoms with Gasteiger partial charge in [0.2, 0.25) is 0 Å². The van der Waals surface area contributed by atoms with Gasteiger partial charge >= 0.3 is 6.03 Å². The second-order valence-electron chi connectivity index (χ2n) is 8.29. The van der Waals surface area contributed by atoms with Crippen LogP contribution >= 0.6 is 11.3 Å². The minimum absolute atomic E-state index is 0.336. The summed E-state index contributed by atoms with van der Waals surface area (Å²) >= 11 is 1.60. The van der Waals surface area contributed by atoms with Crippen molar-refractivity contribution in [2.45, 2.75) is 24.3 Å². The number of aryl methyl sites for hydroxylation is 1. The van der Waals surface area contributed by atoms with E-state index in [1.807, 2.05) is 64.7 Å². The summed E-state index contributed by atoms with van der Waals surface area (Å²) in [5.41, 5.74) is 2.55. The summed E-state index contributed by atoms with van der Waals surface area (Å²) in [7, 11) is -4.43. The Hall–Kier alpha value is -4.09. The summed E-state index contributed by atoms with van der Waals surface area (Å²) < 4.78 is 44.2. The molecule has 37 heavy (non-hydrogen) atoms. The molecule has 11 heteroatoms. The Kier molecular flexibility index (Phi) is 6.72. The predicted octanol–water partition coefficient (Wildman–Crippen LogP) is 4.90. The molecule has 5 rings (SSSR count). The second-order valence-corrected chi connectivity index (χ2v) is 11.2. The molecule has 2 N–H and O–H groups in total. The maximum atomic E-state index is 14.1. The smallest absolute Gasteiger partial charge is 0.327 e. The Morgan fingerprint density at radius 1 is 1.08 bits per heavy atom. The Bertz CT molecular complexity index is 1680. The molecule has 0 fully saturated rings. The van der Waals surface area contributed by atoms with E-state index >= 15 is 0 Å². The molecule has 0 saturated heterocycles. The number of fused-ring (bicyclic) bond motifs is 1. The molecule has 0 radical (unpaired) electrons. The number of halogens is 1. The average Bonchev–Trinajstić information content (AvgIpc) is 3.49. The number of benzene rings is 3. The Labute approximate surface area is 216 Å². The van der Waals surface area contributed by atoms with Gasteiger partial charge in [0.05, 0.1) is 21.3 Å². The fourth-order valence-electron chi connectivity index (χ4n) is 4.06. The standard InChI is InChI=1S/C26H22FN5O3S2/c1-17-29-21-16-19(11-12-23(21)36-17)32-14-13-28-25(32)22(15-18-7-3-2-4-8-18)30-26(33)31-37(34,35)24-10-6-5-9-20(24)27/h2-14,16,22H,15H2,1H3,(H2,30,31,33)/t22-/m0/s1. The molecule has 2 amide bonds. The molecule has 0 aliphatic rings. The zero-order valence-corrected chi connectivity index (χ0v) is 21.3. The van der Waals surface area contributed by atoms with Crippen LogP contribution in [-0.2, 0) is 16.4 Å². The van der Waals surface area contributed by atoms with Gasteiger partial charge in [0.1, 0.15) is 16.5 Å². The Morgan fingerprint density at radius 2 is 1.84 bits per heavy atom. The molecule has 0 saturated carbocycles. The number of urea groups is 1. The lowest BCUT2D eigenvalue weighted by Gasteiger charge is -2.20. The van der Waals surface area contributed by atoms with Crippen molar-refractivity contribution in [1.82, 2.24) is 24.6 Å². The monoisotopic (exact) mass is 535 g/mol. The quantitative estimate of drug-likeness (QED) is 0.308. The van der Waals surface area contributed by atoms with E-state index in [-0.39, 0.29) is 0 Å². The van der Waals surface area contributed by atoms with Crippen LogP contribution in [0.4, 0.5) is 9.18 Å². The van der Waals surface area contributed by atoms with Crippen LogP contribution in [0.3, 0.4) is 0 Å². The van der Waals surface area contributed by atoms with Gasteiger partial charge in [-0.15, -0.1) is 11.3 Å². The first kappa shape index (κ1) is 24.6. The number of hydrogen-bond acceptors (Lipinski definition) is 6. The van der Waals surface area contributed by atoms with Gasteiger partial charge in [0.25, 0.3) is 10.0 Å². The van der Waals surface area contributed by atoms with Gasteiger partial charge in [-0.3, -0.25) is 0 Å². The lowest BCUT2D eigenvalue weighted by atomic mass is 10.1. The van der Waals surface area contributed by atoms with E-state index in [1.165, 1.54) is 12.1 Å². The third kappa shape index (κ3) is 5.37. The molecule has 0 spiro atoms. The molecule has 188 valence electrons. The van der Waals surface area contributed by atoms with Crippen LogP contribution in [-0.4, -0.2) is 29.0 Å². The van der Waals surface area contributed by atoms with Crippen molar-refractivity contribution in [3.8, 4) is 5.69 Å². The highest BCUT2D eigenvalue weighted by Crippen LogP contribution is 2.26. The third-order valence-electron chi connectivity index (χ3n) is 5.68. The molecule has 5 aromatic rings. The van der Waals surface area contributed by atoms with Crippen LogP contribution in [0.25, 0.3) is 15.9 Å². The van der Waals surface area contributed by atoms with Crippen LogP contribution in [0, 0.1) is 12.7 Å². The van der Waals surface area contributed by atoms with Crippen LogP contribution in [0.15, 0.2) is 90.1 Å². The molecule has 8 nitrogen and oxygen atoms in total. The predicted molar refractivity (Wildman–Crippen MR) is 140 cm³/mol. The molecule has 3 aromatic carbocycles. The topological polar surface area (TPSA) is 106 Å². The number of hydrogen-bond donors (Lipinski definition) is 2. The van der Waals surface area contributed by atoms with Crippen LogP contribution in [0.1, 0.15) is 22.4 Å². The zero-order chi connectivity index (χ0) is 26.0. The van der Waals surface area contributed by atoms with E-state index in [0.29, 0.717) is 12.2 Å². The van der Waals surface area contributed by atoms with Gasteiger partial charge in [0, 0.05) is 18.1 Å². The van der Waals surface area contributed by atoms with E-state index < -0.39 is 32.8 Å². The van der Waals surface area contributed by atoms with Gasteiger partial charge in [-0.05, 0) is 49.2 Å². The summed E-state index contributed by atoms with van der Waals surface area (Å²) in [6.07, 6.45) is 3.71. The number of imidazole rings is 1. The van der Waals surface area contributed by atoms with Crippen molar-refractivity contribution in [2.24, 2.45) is 0 Å². The molecular formula is C26H22FN5O3S2. The van der Waals surface area contributed by atoms with Gasteiger partial charge < -0.3 is 9.88 Å². The molecular weight excluding hydrogens is 513 g/mol. The molecule has 0 aliphatic heterocycles. The number of nitrogens with zero attached hydrogens (tertiary/aromatic N) is 3. The van der Waals surface area contributed by atoms with E-state index in [2.05, 4.69) is 15.3 Å². The lowest BCUT2D eigenvalue weighted by molar-refractivity contribution is 0.241. The third-order valence-corrected chi connectivity index (χ3v) is 7.99. The average molecular weight is 536 g/mol. The number of carbonyl (C=O) groups is 1. The summed E-state index contributed by atoms with van der Waals surface area (Å²) in [4.78, 5) is 21.3. The van der Waals surface area contributed by atoms with Crippen LogP contribution in [0.2, 0.25) is 0 Å². The largest absolute Gasteiger partial charge is 0.329 e. The first-order valence-electron chi connectivity index (χ1n) is 11.3. The molecule has 0 unspecified atom stereocenters. The number of sulfonamides is 1. The van der Waals surface area contributed by atoms with E-state index in [9.17, 15) is 17.6 Å². The van der Waals surface area contributed by atoms with Crippen molar-refractivity contribution in [1.29, 1.82) is 0 Å². The summed E-state index contributed by atoms with van der Waals surface area (Å²) in [5, 5.41) is 3.67. The van der Waals surface area contributed by atoms with E-state index in [0.717, 1.165) is 38.6 Å². The fraction of sp³-hybridized carbons (Fsp3) is 0.115. The molecule has 2 heterocycles. The number of thiazole rings is 1. The van der Waals surface area contributed by atoms with Gasteiger partial charge in [0.15, 0.2) is 0 Å². The fourth-order valence-corrected chi connectivity index (χ4v) is 5.86. The highest BCUT2D eigenvalue weighted by Gasteiger charge is 2.26. The van der Waals surface area contributed by atoms with Crippen molar-refractivity contribution < 1.29 is 17.6 Å². The van der Waals surface area contributed by atoms with Crippen LogP contribution < -0.4 is 10.0 Å². The first-order chi connectivity index (χ1) is 17.8. The summed E-state index contributed by atoms with van der Waals surface area (Å²) in [5.74, 6) is -0.458. The highest BCUT2D eigenvalue weighted by molar-refractivity contribution is 7.90. The van der Waals surface area contributed by atoms with E-state index in [1.54, 1.807) is 23.7 Å². The molecule has 1 atom stereocenters. The summed E-state index contributed by atoms with van der Waals surface area (Å²) in [6.45, 7) is 1.95. The molecule has 0 bridgehead atoms. The molecule has 0 aliphatic carbocycles. The van der Waals surface area contributed by atoms with Crippen molar-refractivity contribution in [2.75, 3.05) is 0 Å². The number of amides is 2. The zero-order valence-electron chi connectivity index (χ0n) is 19.6. The Morgan fingerprint density at radius 3 is 2.62 bits per heavy atom. The van der Waals surface area contributed by atoms with Crippen molar-refractivity contribution in [3.63, 3.8) is 0 Å².